The number of aliphatic hydroxyl groups excluding tert-OH is 1. The number of rotatable bonds is 9. The molecule has 2 aromatic carbocycles. The molecule has 23 heavy (non-hydrogen) atoms. The molecular weight excluding hydrogens is 292 g/mol. The molecule has 0 amide bonds. The summed E-state index contributed by atoms with van der Waals surface area (Å²) in [6.45, 7) is 5.55. The predicted molar refractivity (Wildman–Crippen MR) is 90.5 cm³/mol. The van der Waals surface area contributed by atoms with Gasteiger partial charge in [-0.1, -0.05) is 18.2 Å². The third-order valence-corrected chi connectivity index (χ3v) is 3.49. The molecule has 0 heterocycles. The van der Waals surface area contributed by atoms with Crippen LogP contribution in [0, 0.1) is 13.8 Å². The summed E-state index contributed by atoms with van der Waals surface area (Å²) in [5.41, 5.74) is 2.49. The number of hydrogen-bond acceptors (Lipinski definition) is 4. The van der Waals surface area contributed by atoms with Crippen molar-refractivity contribution in [3.05, 3.63) is 53.6 Å². The first-order valence-electron chi connectivity index (χ1n) is 7.86. The summed E-state index contributed by atoms with van der Waals surface area (Å²) in [5.74, 6) is 2.23. The smallest absolute Gasteiger partial charge is 0.161 e. The maximum atomic E-state index is 8.83. The van der Waals surface area contributed by atoms with E-state index in [1.54, 1.807) is 0 Å². The lowest BCUT2D eigenvalue weighted by Crippen LogP contribution is -2.07. The van der Waals surface area contributed by atoms with E-state index in [9.17, 15) is 0 Å². The van der Waals surface area contributed by atoms with Crippen molar-refractivity contribution in [2.75, 3.05) is 26.4 Å². The van der Waals surface area contributed by atoms with Crippen molar-refractivity contribution in [3.63, 3.8) is 0 Å². The number of benzene rings is 2. The Hall–Kier alpha value is -2.20. The minimum absolute atomic E-state index is 0.0157. The fourth-order valence-electron chi connectivity index (χ4n) is 2.08. The lowest BCUT2D eigenvalue weighted by Gasteiger charge is -2.12. The third-order valence-electron chi connectivity index (χ3n) is 3.49. The Morgan fingerprint density at radius 1 is 0.783 bits per heavy atom. The SMILES string of the molecule is Cc1ccc(OCCCOc2ccccc2OCCO)cc1C. The zero-order valence-corrected chi connectivity index (χ0v) is 13.7. The second kappa shape index (κ2) is 9.06. The van der Waals surface area contributed by atoms with Crippen LogP contribution in [0.5, 0.6) is 17.2 Å². The van der Waals surface area contributed by atoms with Crippen LogP contribution in [-0.2, 0) is 0 Å². The van der Waals surface area contributed by atoms with Crippen molar-refractivity contribution in [2.45, 2.75) is 20.3 Å². The Kier molecular flexibility index (Phi) is 6.76. The van der Waals surface area contributed by atoms with Crippen molar-refractivity contribution in [1.29, 1.82) is 0 Å². The van der Waals surface area contributed by atoms with E-state index in [1.165, 1.54) is 11.1 Å². The average molecular weight is 316 g/mol. The molecule has 0 fully saturated rings. The van der Waals surface area contributed by atoms with Gasteiger partial charge in [0.15, 0.2) is 11.5 Å². The number of ether oxygens (including phenoxy) is 3. The Bertz CT molecular complexity index is 610. The fourth-order valence-corrected chi connectivity index (χ4v) is 2.08. The highest BCUT2D eigenvalue weighted by molar-refractivity contribution is 5.39. The lowest BCUT2D eigenvalue weighted by atomic mass is 10.1. The second-order valence-electron chi connectivity index (χ2n) is 5.32. The van der Waals surface area contributed by atoms with E-state index in [2.05, 4.69) is 19.9 Å². The number of aliphatic hydroxyl groups is 1. The van der Waals surface area contributed by atoms with E-state index < -0.39 is 0 Å². The van der Waals surface area contributed by atoms with Crippen LogP contribution in [0.3, 0.4) is 0 Å². The van der Waals surface area contributed by atoms with Gasteiger partial charge in [0, 0.05) is 6.42 Å². The molecule has 0 aliphatic carbocycles. The summed E-state index contributed by atoms with van der Waals surface area (Å²) in [6.07, 6.45) is 0.779. The van der Waals surface area contributed by atoms with E-state index in [0.717, 1.165) is 12.2 Å². The van der Waals surface area contributed by atoms with Crippen molar-refractivity contribution >= 4 is 0 Å². The molecule has 4 heteroatoms. The van der Waals surface area contributed by atoms with Gasteiger partial charge in [0.2, 0.25) is 0 Å². The fraction of sp³-hybridized carbons (Fsp3) is 0.368. The molecule has 0 aromatic heterocycles. The van der Waals surface area contributed by atoms with Crippen LogP contribution in [0.25, 0.3) is 0 Å². The quantitative estimate of drug-likeness (QED) is 0.719. The summed E-state index contributed by atoms with van der Waals surface area (Å²) in [6, 6.07) is 13.6. The normalized spacial score (nSPS) is 10.4. The molecule has 0 aliphatic heterocycles. The molecule has 0 spiro atoms. The van der Waals surface area contributed by atoms with Gasteiger partial charge < -0.3 is 19.3 Å². The first kappa shape index (κ1) is 17.2. The van der Waals surface area contributed by atoms with Crippen LogP contribution >= 0.6 is 0 Å². The molecule has 0 radical (unpaired) electrons. The molecule has 0 unspecified atom stereocenters. The zero-order valence-electron chi connectivity index (χ0n) is 13.7. The van der Waals surface area contributed by atoms with Crippen molar-refractivity contribution in [2.24, 2.45) is 0 Å². The van der Waals surface area contributed by atoms with Crippen LogP contribution in [0.15, 0.2) is 42.5 Å². The summed E-state index contributed by atoms with van der Waals surface area (Å²) >= 11 is 0. The van der Waals surface area contributed by atoms with Gasteiger partial charge in [0.05, 0.1) is 19.8 Å². The highest BCUT2D eigenvalue weighted by atomic mass is 16.5. The molecular formula is C19H24O4. The Morgan fingerprint density at radius 2 is 1.43 bits per heavy atom. The van der Waals surface area contributed by atoms with Crippen LogP contribution < -0.4 is 14.2 Å². The van der Waals surface area contributed by atoms with Crippen LogP contribution in [0.2, 0.25) is 0 Å². The predicted octanol–water partition coefficient (Wildman–Crippen LogP) is 3.52. The molecule has 0 atom stereocenters. The lowest BCUT2D eigenvalue weighted by molar-refractivity contribution is 0.190. The van der Waals surface area contributed by atoms with E-state index in [-0.39, 0.29) is 13.2 Å². The highest BCUT2D eigenvalue weighted by Gasteiger charge is 2.04. The summed E-state index contributed by atoms with van der Waals surface area (Å²) < 4.78 is 16.9. The molecule has 2 rings (SSSR count). The molecule has 0 bridgehead atoms. The van der Waals surface area contributed by atoms with E-state index in [1.807, 2.05) is 36.4 Å². The van der Waals surface area contributed by atoms with Crippen molar-refractivity contribution < 1.29 is 19.3 Å². The van der Waals surface area contributed by atoms with E-state index >= 15 is 0 Å². The van der Waals surface area contributed by atoms with Gasteiger partial charge in [-0.3, -0.25) is 0 Å². The number of aryl methyl sites for hydroxylation is 2. The zero-order chi connectivity index (χ0) is 16.5. The van der Waals surface area contributed by atoms with Crippen LogP contribution in [0.4, 0.5) is 0 Å². The van der Waals surface area contributed by atoms with Crippen LogP contribution in [0.1, 0.15) is 17.5 Å². The Labute approximate surface area is 137 Å². The van der Waals surface area contributed by atoms with Gasteiger partial charge in [-0.15, -0.1) is 0 Å². The van der Waals surface area contributed by atoms with Crippen LogP contribution in [-0.4, -0.2) is 31.5 Å². The molecule has 1 N–H and O–H groups in total. The Balaban J connectivity index is 1.74. The standard InChI is InChI=1S/C19H24O4/c1-15-8-9-17(14-16(15)2)21-11-5-12-22-18-6-3-4-7-19(18)23-13-10-20/h3-4,6-9,14,20H,5,10-13H2,1-2H3. The molecule has 0 saturated heterocycles. The average Bonchev–Trinajstić information content (AvgIpc) is 2.56. The topological polar surface area (TPSA) is 47.9 Å². The minimum Gasteiger partial charge on any atom is -0.493 e. The summed E-state index contributed by atoms with van der Waals surface area (Å²) in [5, 5.41) is 8.83. The van der Waals surface area contributed by atoms with Gasteiger partial charge in [-0.25, -0.2) is 0 Å². The van der Waals surface area contributed by atoms with Gasteiger partial charge in [-0.2, -0.15) is 0 Å². The first-order chi connectivity index (χ1) is 11.2. The minimum atomic E-state index is -0.0157. The van der Waals surface area contributed by atoms with Crippen molar-refractivity contribution in [1.82, 2.24) is 0 Å². The van der Waals surface area contributed by atoms with E-state index in [0.29, 0.717) is 24.7 Å². The van der Waals surface area contributed by atoms with Gasteiger partial charge in [0.1, 0.15) is 12.4 Å². The van der Waals surface area contributed by atoms with Gasteiger partial charge in [0.25, 0.3) is 0 Å². The van der Waals surface area contributed by atoms with Gasteiger partial charge >= 0.3 is 0 Å². The molecule has 124 valence electrons. The Morgan fingerprint density at radius 3 is 2.09 bits per heavy atom. The monoisotopic (exact) mass is 316 g/mol. The number of hydrogen-bond donors (Lipinski definition) is 1. The molecule has 0 aliphatic rings. The largest absolute Gasteiger partial charge is 0.493 e. The second-order valence-corrected chi connectivity index (χ2v) is 5.32. The third kappa shape index (κ3) is 5.49. The molecule has 2 aromatic rings. The summed E-state index contributed by atoms with van der Waals surface area (Å²) in [7, 11) is 0. The van der Waals surface area contributed by atoms with Gasteiger partial charge in [-0.05, 0) is 49.2 Å². The maximum absolute atomic E-state index is 8.83. The van der Waals surface area contributed by atoms with E-state index in [4.69, 9.17) is 19.3 Å². The first-order valence-corrected chi connectivity index (χ1v) is 7.86. The molecule has 4 nitrogen and oxygen atoms in total. The van der Waals surface area contributed by atoms with Crippen molar-refractivity contribution in [3.8, 4) is 17.2 Å². The molecule has 0 saturated carbocycles. The number of para-hydroxylation sites is 2. The maximum Gasteiger partial charge on any atom is 0.161 e. The summed E-state index contributed by atoms with van der Waals surface area (Å²) in [4.78, 5) is 0. The highest BCUT2D eigenvalue weighted by Crippen LogP contribution is 2.26.